The standard InChI is InChI=1S/C16H26N2O/c1-12(14-4-6-15(17)7-5-14)8-10-18-16(3)9-11-19-13(16)2/h4-7,12-13,18H,8-11,17H2,1-3H3. The van der Waals surface area contributed by atoms with Crippen molar-refractivity contribution in [2.75, 3.05) is 18.9 Å². The van der Waals surface area contributed by atoms with Crippen LogP contribution in [0.1, 0.15) is 45.1 Å². The fourth-order valence-electron chi connectivity index (χ4n) is 2.63. The molecule has 1 heterocycles. The van der Waals surface area contributed by atoms with E-state index in [1.54, 1.807) is 0 Å². The van der Waals surface area contributed by atoms with Crippen LogP contribution >= 0.6 is 0 Å². The highest BCUT2D eigenvalue weighted by Gasteiger charge is 2.36. The normalized spacial score (nSPS) is 28.5. The van der Waals surface area contributed by atoms with Gasteiger partial charge in [0, 0.05) is 17.8 Å². The van der Waals surface area contributed by atoms with Crippen molar-refractivity contribution >= 4 is 5.69 Å². The molecule has 3 atom stereocenters. The highest BCUT2D eigenvalue weighted by Crippen LogP contribution is 2.26. The molecule has 106 valence electrons. The number of nitrogen functional groups attached to an aromatic ring is 1. The van der Waals surface area contributed by atoms with E-state index in [-0.39, 0.29) is 5.54 Å². The number of anilines is 1. The molecule has 3 heteroatoms. The van der Waals surface area contributed by atoms with Crippen LogP contribution in [0.4, 0.5) is 5.69 Å². The third-order valence-corrected chi connectivity index (χ3v) is 4.50. The highest BCUT2D eigenvalue weighted by atomic mass is 16.5. The molecular formula is C16H26N2O. The molecule has 1 saturated heterocycles. The monoisotopic (exact) mass is 262 g/mol. The van der Waals surface area contributed by atoms with Gasteiger partial charge in [-0.2, -0.15) is 0 Å². The van der Waals surface area contributed by atoms with Crippen LogP contribution in [-0.2, 0) is 4.74 Å². The van der Waals surface area contributed by atoms with E-state index in [0.717, 1.165) is 31.7 Å². The van der Waals surface area contributed by atoms with Gasteiger partial charge in [-0.05, 0) is 56.8 Å². The summed E-state index contributed by atoms with van der Waals surface area (Å²) in [6.07, 6.45) is 2.54. The largest absolute Gasteiger partial charge is 0.399 e. The number of hydrogen-bond acceptors (Lipinski definition) is 3. The summed E-state index contributed by atoms with van der Waals surface area (Å²) in [5.74, 6) is 0.550. The zero-order chi connectivity index (χ0) is 13.9. The summed E-state index contributed by atoms with van der Waals surface area (Å²) in [6, 6.07) is 8.22. The summed E-state index contributed by atoms with van der Waals surface area (Å²) in [4.78, 5) is 0. The molecule has 0 aromatic heterocycles. The molecule has 0 spiro atoms. The van der Waals surface area contributed by atoms with Gasteiger partial charge in [0.15, 0.2) is 0 Å². The number of ether oxygens (including phenoxy) is 1. The Morgan fingerprint density at radius 2 is 2.11 bits per heavy atom. The average Bonchev–Trinajstić information content (AvgIpc) is 2.70. The van der Waals surface area contributed by atoms with Crippen molar-refractivity contribution in [2.45, 2.75) is 51.2 Å². The van der Waals surface area contributed by atoms with Crippen molar-refractivity contribution in [3.8, 4) is 0 Å². The maximum Gasteiger partial charge on any atom is 0.0726 e. The van der Waals surface area contributed by atoms with Crippen LogP contribution in [0.25, 0.3) is 0 Å². The zero-order valence-corrected chi connectivity index (χ0v) is 12.3. The summed E-state index contributed by atoms with van der Waals surface area (Å²) >= 11 is 0. The Morgan fingerprint density at radius 3 is 2.68 bits per heavy atom. The second kappa shape index (κ2) is 5.93. The van der Waals surface area contributed by atoms with Crippen molar-refractivity contribution in [1.29, 1.82) is 0 Å². The Balaban J connectivity index is 1.81. The Kier molecular flexibility index (Phi) is 4.48. The molecule has 0 aliphatic carbocycles. The molecule has 3 unspecified atom stereocenters. The van der Waals surface area contributed by atoms with Gasteiger partial charge in [-0.15, -0.1) is 0 Å². The van der Waals surface area contributed by atoms with E-state index in [1.165, 1.54) is 5.56 Å². The number of benzene rings is 1. The summed E-state index contributed by atoms with van der Waals surface area (Å²) in [7, 11) is 0. The van der Waals surface area contributed by atoms with Crippen LogP contribution < -0.4 is 11.1 Å². The van der Waals surface area contributed by atoms with E-state index in [1.807, 2.05) is 12.1 Å². The molecule has 19 heavy (non-hydrogen) atoms. The summed E-state index contributed by atoms with van der Waals surface area (Å²) in [6.45, 7) is 8.58. The van der Waals surface area contributed by atoms with Gasteiger partial charge in [0.1, 0.15) is 0 Å². The van der Waals surface area contributed by atoms with Crippen LogP contribution in [0.3, 0.4) is 0 Å². The molecule has 1 aromatic rings. The second-order valence-electron chi connectivity index (χ2n) is 5.96. The van der Waals surface area contributed by atoms with Gasteiger partial charge in [-0.25, -0.2) is 0 Å². The molecular weight excluding hydrogens is 236 g/mol. The first-order valence-electron chi connectivity index (χ1n) is 7.23. The molecule has 1 aliphatic rings. The third kappa shape index (κ3) is 3.48. The molecule has 3 nitrogen and oxygen atoms in total. The van der Waals surface area contributed by atoms with Gasteiger partial charge in [0.05, 0.1) is 6.10 Å². The van der Waals surface area contributed by atoms with Gasteiger partial charge < -0.3 is 15.8 Å². The van der Waals surface area contributed by atoms with Gasteiger partial charge in [0.25, 0.3) is 0 Å². The maximum absolute atomic E-state index is 5.72. The van der Waals surface area contributed by atoms with Gasteiger partial charge in [0.2, 0.25) is 0 Å². The zero-order valence-electron chi connectivity index (χ0n) is 12.3. The fourth-order valence-corrected chi connectivity index (χ4v) is 2.63. The Bertz CT molecular complexity index is 404. The lowest BCUT2D eigenvalue weighted by molar-refractivity contribution is 0.0886. The topological polar surface area (TPSA) is 47.3 Å². The SMILES string of the molecule is CC(CCNC1(C)CCOC1C)c1ccc(N)cc1. The minimum atomic E-state index is 0.140. The average molecular weight is 262 g/mol. The molecule has 0 saturated carbocycles. The van der Waals surface area contributed by atoms with Crippen LogP contribution in [-0.4, -0.2) is 24.8 Å². The minimum absolute atomic E-state index is 0.140. The quantitative estimate of drug-likeness (QED) is 0.802. The van der Waals surface area contributed by atoms with Gasteiger partial charge in [-0.3, -0.25) is 0 Å². The molecule has 2 rings (SSSR count). The van der Waals surface area contributed by atoms with Crippen LogP contribution in [0.2, 0.25) is 0 Å². The molecule has 3 N–H and O–H groups in total. The van der Waals surface area contributed by atoms with E-state index in [2.05, 4.69) is 38.2 Å². The summed E-state index contributed by atoms with van der Waals surface area (Å²) in [5.41, 5.74) is 8.05. The Morgan fingerprint density at radius 1 is 1.42 bits per heavy atom. The summed E-state index contributed by atoms with van der Waals surface area (Å²) in [5, 5.41) is 3.67. The summed E-state index contributed by atoms with van der Waals surface area (Å²) < 4.78 is 5.65. The molecule has 1 aliphatic heterocycles. The molecule has 0 amide bonds. The smallest absolute Gasteiger partial charge is 0.0726 e. The van der Waals surface area contributed by atoms with Crippen molar-refractivity contribution in [2.24, 2.45) is 0 Å². The van der Waals surface area contributed by atoms with Gasteiger partial charge >= 0.3 is 0 Å². The second-order valence-corrected chi connectivity index (χ2v) is 5.96. The van der Waals surface area contributed by atoms with E-state index in [9.17, 15) is 0 Å². The number of rotatable bonds is 5. The molecule has 1 fully saturated rings. The predicted octanol–water partition coefficient (Wildman–Crippen LogP) is 2.92. The van der Waals surface area contributed by atoms with Crippen LogP contribution in [0.5, 0.6) is 0 Å². The van der Waals surface area contributed by atoms with E-state index in [0.29, 0.717) is 12.0 Å². The highest BCUT2D eigenvalue weighted by molar-refractivity contribution is 5.40. The molecule has 1 aromatic carbocycles. The Hall–Kier alpha value is -1.06. The Labute approximate surface area is 116 Å². The number of nitrogens with two attached hydrogens (primary N) is 1. The lowest BCUT2D eigenvalue weighted by Gasteiger charge is -2.29. The first kappa shape index (κ1) is 14.4. The minimum Gasteiger partial charge on any atom is -0.399 e. The van der Waals surface area contributed by atoms with Crippen molar-refractivity contribution in [3.05, 3.63) is 29.8 Å². The first-order valence-corrected chi connectivity index (χ1v) is 7.23. The lowest BCUT2D eigenvalue weighted by atomic mass is 9.93. The van der Waals surface area contributed by atoms with Gasteiger partial charge in [-0.1, -0.05) is 19.1 Å². The van der Waals surface area contributed by atoms with Crippen molar-refractivity contribution < 1.29 is 4.74 Å². The fraction of sp³-hybridized carbons (Fsp3) is 0.625. The van der Waals surface area contributed by atoms with Crippen LogP contribution in [0.15, 0.2) is 24.3 Å². The third-order valence-electron chi connectivity index (χ3n) is 4.50. The van der Waals surface area contributed by atoms with E-state index >= 15 is 0 Å². The lowest BCUT2D eigenvalue weighted by Crippen LogP contribution is -2.48. The molecule has 0 radical (unpaired) electrons. The first-order chi connectivity index (χ1) is 9.01. The van der Waals surface area contributed by atoms with Crippen LogP contribution in [0, 0.1) is 0 Å². The van der Waals surface area contributed by atoms with Crippen molar-refractivity contribution in [3.63, 3.8) is 0 Å². The molecule has 0 bridgehead atoms. The number of hydrogen-bond donors (Lipinski definition) is 2. The van der Waals surface area contributed by atoms with E-state index < -0.39 is 0 Å². The number of nitrogens with one attached hydrogen (secondary N) is 1. The van der Waals surface area contributed by atoms with E-state index in [4.69, 9.17) is 10.5 Å². The van der Waals surface area contributed by atoms with Crippen molar-refractivity contribution in [1.82, 2.24) is 5.32 Å². The predicted molar refractivity (Wildman–Crippen MR) is 80.3 cm³/mol. The maximum atomic E-state index is 5.72.